The third kappa shape index (κ3) is 10.4. The van der Waals surface area contributed by atoms with Crippen molar-refractivity contribution in [3.63, 3.8) is 0 Å². The molecule has 0 unspecified atom stereocenters. The van der Waals surface area contributed by atoms with E-state index >= 15 is 35.1 Å². The maximum atomic E-state index is 15.6. The zero-order valence-electron chi connectivity index (χ0n) is 33.6. The number of nitrogens with zero attached hydrogens (tertiary/aromatic N) is 1. The number of alkyl halides is 2. The van der Waals surface area contributed by atoms with Crippen LogP contribution in [0.1, 0.15) is 98.6 Å². The number of hydrogen-bond acceptors (Lipinski definition) is 2. The predicted molar refractivity (Wildman–Crippen MR) is 219 cm³/mol. The molecule has 11 heteroatoms. The number of fused-ring (bicyclic) bond motifs is 1. The summed E-state index contributed by atoms with van der Waals surface area (Å²) in [7, 11) is 0. The third-order valence-electron chi connectivity index (χ3n) is 10.2. The molecule has 2 nitrogen and oxygen atoms in total. The zero-order valence-corrected chi connectivity index (χ0v) is 33.6. The van der Waals surface area contributed by atoms with Gasteiger partial charge in [0.05, 0.1) is 22.2 Å². The Balaban J connectivity index is 1.16. The Morgan fingerprint density at radius 2 is 1.31 bits per heavy atom. The van der Waals surface area contributed by atoms with Crippen molar-refractivity contribution in [3.8, 4) is 51.8 Å². The van der Waals surface area contributed by atoms with E-state index in [0.717, 1.165) is 67.6 Å². The molecule has 0 atom stereocenters. The number of unbranched alkanes of at least 4 members (excludes halogenated alkanes) is 7. The molecule has 0 bridgehead atoms. The van der Waals surface area contributed by atoms with Crippen LogP contribution in [0.5, 0.6) is 5.75 Å². The van der Waals surface area contributed by atoms with E-state index in [1.165, 1.54) is 45.1 Å². The first-order valence-corrected chi connectivity index (χ1v) is 19.9. The van der Waals surface area contributed by atoms with E-state index in [4.69, 9.17) is 0 Å². The number of aryl methyl sites for hydroxylation is 2. The number of ether oxygens (including phenoxy) is 1. The molecule has 6 aromatic rings. The van der Waals surface area contributed by atoms with Crippen LogP contribution in [-0.4, -0.2) is 4.98 Å². The molecular formula is C50H40F9NO. The van der Waals surface area contributed by atoms with Crippen LogP contribution in [0.2, 0.25) is 0 Å². The summed E-state index contributed by atoms with van der Waals surface area (Å²) >= 11 is 0. The summed E-state index contributed by atoms with van der Waals surface area (Å²) in [5.41, 5.74) is -1.33. The minimum Gasteiger partial charge on any atom is -0.429 e. The molecule has 0 aliphatic rings. The van der Waals surface area contributed by atoms with E-state index in [-0.39, 0.29) is 38.9 Å². The first-order valence-electron chi connectivity index (χ1n) is 19.9. The molecule has 0 spiro atoms. The SMILES string of the molecule is CC#Cc1cc(C)c(C#Cc2c(F)cc3cc(-c4ccc(OC(F)(F)c5c(F)cc(-c6ccc(CCCCCCCCCC)cn6)cc5F)cc4F)cc(F)c3c2F)cc1F. The number of hydrogen-bond donors (Lipinski definition) is 0. The molecule has 0 aliphatic heterocycles. The van der Waals surface area contributed by atoms with Gasteiger partial charge in [0, 0.05) is 29.0 Å². The smallest absolute Gasteiger partial charge is 0.429 e. The summed E-state index contributed by atoms with van der Waals surface area (Å²) in [5, 5.41) is -0.978. The highest BCUT2D eigenvalue weighted by Gasteiger charge is 2.41. The van der Waals surface area contributed by atoms with Gasteiger partial charge in [-0.15, -0.1) is 5.92 Å². The van der Waals surface area contributed by atoms with E-state index in [0.29, 0.717) is 23.8 Å². The lowest BCUT2D eigenvalue weighted by Crippen LogP contribution is -2.25. The van der Waals surface area contributed by atoms with Gasteiger partial charge in [0.15, 0.2) is 5.82 Å². The number of rotatable bonds is 14. The van der Waals surface area contributed by atoms with Crippen molar-refractivity contribution in [2.45, 2.75) is 84.7 Å². The number of pyridine rings is 1. The van der Waals surface area contributed by atoms with Crippen molar-refractivity contribution in [2.75, 3.05) is 0 Å². The van der Waals surface area contributed by atoms with Gasteiger partial charge in [-0.2, -0.15) is 8.78 Å². The molecule has 0 aliphatic carbocycles. The molecule has 0 saturated heterocycles. The van der Waals surface area contributed by atoms with Gasteiger partial charge >= 0.3 is 6.11 Å². The lowest BCUT2D eigenvalue weighted by molar-refractivity contribution is -0.189. The number of aromatic nitrogens is 1. The van der Waals surface area contributed by atoms with Gasteiger partial charge in [0.1, 0.15) is 46.2 Å². The van der Waals surface area contributed by atoms with E-state index < -0.39 is 69.1 Å². The lowest BCUT2D eigenvalue weighted by atomic mass is 9.98. The minimum atomic E-state index is -4.61. The molecule has 314 valence electrons. The summed E-state index contributed by atoms with van der Waals surface area (Å²) in [6, 6.07) is 12.2. The normalized spacial score (nSPS) is 11.3. The van der Waals surface area contributed by atoms with Gasteiger partial charge in [-0.05, 0) is 109 Å². The predicted octanol–water partition coefficient (Wildman–Crippen LogP) is 14.4. The van der Waals surface area contributed by atoms with Crippen molar-refractivity contribution in [1.82, 2.24) is 4.98 Å². The van der Waals surface area contributed by atoms with Crippen LogP contribution in [0.15, 0.2) is 79.0 Å². The second kappa shape index (κ2) is 19.5. The third-order valence-corrected chi connectivity index (χ3v) is 10.2. The van der Waals surface area contributed by atoms with Crippen molar-refractivity contribution in [2.24, 2.45) is 0 Å². The maximum absolute atomic E-state index is 15.6. The van der Waals surface area contributed by atoms with Gasteiger partial charge in [0.25, 0.3) is 0 Å². The Kier molecular flexibility index (Phi) is 14.1. The fraction of sp³-hybridized carbons (Fsp3) is 0.260. The van der Waals surface area contributed by atoms with Crippen LogP contribution in [0, 0.1) is 71.3 Å². The molecule has 5 aromatic carbocycles. The highest BCUT2D eigenvalue weighted by Crippen LogP contribution is 2.39. The van der Waals surface area contributed by atoms with E-state index in [2.05, 4.69) is 40.3 Å². The standard InChI is InChI=1S/C50H40F9NO/c1-4-6-7-8-9-10-11-12-14-31-15-20-46(60-29-31)35-25-44(55)48(45(56)26-35)50(58,59)61-37-17-19-38(42(53)28-37)34-22-36-27-41(52)39(49(57)47(36)43(54)24-34)18-16-32-23-40(51)33(13-5-2)21-30(32)3/h15,17,19-29H,4,6-12,14H2,1-3H3. The fourth-order valence-electron chi connectivity index (χ4n) is 7.06. The van der Waals surface area contributed by atoms with Gasteiger partial charge in [-0.3, -0.25) is 4.98 Å². The van der Waals surface area contributed by atoms with Crippen LogP contribution in [0.3, 0.4) is 0 Å². The monoisotopic (exact) mass is 841 g/mol. The fourth-order valence-corrected chi connectivity index (χ4v) is 7.06. The van der Waals surface area contributed by atoms with Crippen LogP contribution in [0.25, 0.3) is 33.2 Å². The van der Waals surface area contributed by atoms with Crippen molar-refractivity contribution >= 4 is 10.8 Å². The molecule has 6 rings (SSSR count). The van der Waals surface area contributed by atoms with E-state index in [1.54, 1.807) is 25.3 Å². The Morgan fingerprint density at radius 3 is 1.97 bits per heavy atom. The van der Waals surface area contributed by atoms with Gasteiger partial charge < -0.3 is 4.74 Å². The minimum absolute atomic E-state index is 0.0778. The summed E-state index contributed by atoms with van der Waals surface area (Å²) in [6.45, 7) is 5.32. The Hall–Kier alpha value is -6.20. The molecule has 1 aromatic heterocycles. The molecular weight excluding hydrogens is 802 g/mol. The van der Waals surface area contributed by atoms with Crippen LogP contribution in [0.4, 0.5) is 39.5 Å². The van der Waals surface area contributed by atoms with Crippen LogP contribution in [-0.2, 0) is 12.5 Å². The summed E-state index contributed by atoms with van der Waals surface area (Å²) in [6.07, 6.45) is 7.07. The van der Waals surface area contributed by atoms with Crippen LogP contribution < -0.4 is 4.74 Å². The molecule has 0 saturated carbocycles. The first kappa shape index (κ1) is 44.4. The summed E-state index contributed by atoms with van der Waals surface area (Å²) in [4.78, 5) is 4.27. The number of halogens is 9. The van der Waals surface area contributed by atoms with Crippen LogP contribution >= 0.6 is 0 Å². The molecule has 0 amide bonds. The van der Waals surface area contributed by atoms with Gasteiger partial charge in [-0.1, -0.05) is 75.7 Å². The van der Waals surface area contributed by atoms with Gasteiger partial charge in [-0.25, -0.2) is 30.7 Å². The topological polar surface area (TPSA) is 22.1 Å². The van der Waals surface area contributed by atoms with Crippen molar-refractivity contribution in [1.29, 1.82) is 0 Å². The highest BCUT2D eigenvalue weighted by molar-refractivity contribution is 5.90. The van der Waals surface area contributed by atoms with Gasteiger partial charge in [0.2, 0.25) is 0 Å². The van der Waals surface area contributed by atoms with Crippen molar-refractivity contribution < 1.29 is 44.3 Å². The highest BCUT2D eigenvalue weighted by atomic mass is 19.3. The van der Waals surface area contributed by atoms with E-state index in [1.807, 2.05) is 0 Å². The van der Waals surface area contributed by atoms with Crippen molar-refractivity contribution in [3.05, 3.63) is 153 Å². The molecule has 1 heterocycles. The molecule has 0 radical (unpaired) electrons. The lowest BCUT2D eigenvalue weighted by Gasteiger charge is -2.20. The Bertz CT molecular complexity index is 2680. The Labute approximate surface area is 348 Å². The number of benzene rings is 5. The summed E-state index contributed by atoms with van der Waals surface area (Å²) in [5.74, 6) is 0.264. The molecule has 0 fully saturated rings. The largest absolute Gasteiger partial charge is 0.432 e. The average molecular weight is 842 g/mol. The molecule has 0 N–H and O–H groups in total. The second-order valence-corrected chi connectivity index (χ2v) is 14.7. The quantitative estimate of drug-likeness (QED) is 0.0619. The average Bonchev–Trinajstić information content (AvgIpc) is 3.20. The Morgan fingerprint density at radius 1 is 0.623 bits per heavy atom. The summed E-state index contributed by atoms with van der Waals surface area (Å²) < 4.78 is 142. The van der Waals surface area contributed by atoms with E-state index in [9.17, 15) is 4.39 Å². The maximum Gasteiger partial charge on any atom is 0.432 e. The molecule has 61 heavy (non-hydrogen) atoms. The first-order chi connectivity index (χ1) is 29.2. The zero-order chi connectivity index (χ0) is 43.8. The second-order valence-electron chi connectivity index (χ2n) is 14.7.